The Bertz CT molecular complexity index is 430. The first kappa shape index (κ1) is 9.51. The molecule has 4 nitrogen and oxygen atoms in total. The highest BCUT2D eigenvalue weighted by Gasteiger charge is 2.37. The summed E-state index contributed by atoms with van der Waals surface area (Å²) in [5.41, 5.74) is 0. The van der Waals surface area contributed by atoms with Crippen molar-refractivity contribution in [2.24, 2.45) is 5.92 Å². The fourth-order valence-electron chi connectivity index (χ4n) is 2.31. The van der Waals surface area contributed by atoms with E-state index in [1.165, 1.54) is 13.2 Å². The molecule has 2 atom stereocenters. The summed E-state index contributed by atoms with van der Waals surface area (Å²) >= 11 is 0. The average molecular weight is 220 g/mol. The van der Waals surface area contributed by atoms with Crippen LogP contribution in [0.3, 0.4) is 0 Å². The van der Waals surface area contributed by atoms with Gasteiger partial charge in [0.1, 0.15) is 11.9 Å². The van der Waals surface area contributed by atoms with E-state index in [4.69, 9.17) is 14.2 Å². The second kappa shape index (κ2) is 3.40. The van der Waals surface area contributed by atoms with Crippen molar-refractivity contribution in [1.29, 1.82) is 0 Å². The maximum absolute atomic E-state index is 11.1. The van der Waals surface area contributed by atoms with Gasteiger partial charge in [-0.15, -0.1) is 0 Å². The topological polar surface area (TPSA) is 44.8 Å². The van der Waals surface area contributed by atoms with Crippen LogP contribution in [0.4, 0.5) is 0 Å². The molecule has 4 heteroatoms. The summed E-state index contributed by atoms with van der Waals surface area (Å²) < 4.78 is 15.9. The number of hydrogen-bond acceptors (Lipinski definition) is 4. The maximum atomic E-state index is 11.1. The molecular weight excluding hydrogens is 208 g/mol. The van der Waals surface area contributed by atoms with Crippen molar-refractivity contribution in [3.05, 3.63) is 35.5 Å². The Labute approximate surface area is 93.2 Å². The lowest BCUT2D eigenvalue weighted by Crippen LogP contribution is -2.07. The number of cyclic esters (lactones) is 1. The van der Waals surface area contributed by atoms with E-state index in [0.717, 1.165) is 18.6 Å². The van der Waals surface area contributed by atoms with E-state index in [1.54, 1.807) is 0 Å². The molecule has 84 valence electrons. The largest absolute Gasteiger partial charge is 0.492 e. The Balaban J connectivity index is 1.90. The first-order chi connectivity index (χ1) is 7.78. The number of esters is 1. The van der Waals surface area contributed by atoms with Gasteiger partial charge < -0.3 is 14.2 Å². The number of rotatable bonds is 1. The quantitative estimate of drug-likeness (QED) is 0.498. The lowest BCUT2D eigenvalue weighted by Gasteiger charge is -2.09. The molecule has 0 saturated carbocycles. The Morgan fingerprint density at radius 2 is 2.38 bits per heavy atom. The molecule has 0 amide bonds. The third-order valence-corrected chi connectivity index (χ3v) is 3.09. The Morgan fingerprint density at radius 1 is 1.50 bits per heavy atom. The highest BCUT2D eigenvalue weighted by molar-refractivity contribution is 5.87. The molecule has 0 N–H and O–H groups in total. The molecule has 0 radical (unpaired) electrons. The predicted molar refractivity (Wildman–Crippen MR) is 54.9 cm³/mol. The second-order valence-corrected chi connectivity index (χ2v) is 4.07. The van der Waals surface area contributed by atoms with Crippen LogP contribution in [0.5, 0.6) is 0 Å². The monoisotopic (exact) mass is 220 g/mol. The Morgan fingerprint density at radius 3 is 3.12 bits per heavy atom. The van der Waals surface area contributed by atoms with Crippen molar-refractivity contribution in [2.75, 3.05) is 7.11 Å². The van der Waals surface area contributed by atoms with E-state index in [-0.39, 0.29) is 6.10 Å². The summed E-state index contributed by atoms with van der Waals surface area (Å²) in [7, 11) is 1.52. The van der Waals surface area contributed by atoms with Gasteiger partial charge in [0.25, 0.3) is 0 Å². The van der Waals surface area contributed by atoms with Gasteiger partial charge in [0.05, 0.1) is 13.2 Å². The van der Waals surface area contributed by atoms with Crippen LogP contribution in [0.1, 0.15) is 12.8 Å². The fraction of sp³-hybridized carbons (Fsp3) is 0.417. The van der Waals surface area contributed by atoms with Gasteiger partial charge in [-0.3, -0.25) is 0 Å². The van der Waals surface area contributed by atoms with Crippen LogP contribution in [0.2, 0.25) is 0 Å². The van der Waals surface area contributed by atoms with Crippen molar-refractivity contribution < 1.29 is 19.0 Å². The normalized spacial score (nSPS) is 35.8. The maximum Gasteiger partial charge on any atom is 0.340 e. The van der Waals surface area contributed by atoms with Gasteiger partial charge in [0.15, 0.2) is 5.76 Å². The molecule has 0 aromatic rings. The molecule has 0 spiro atoms. The molecule has 1 aliphatic carbocycles. The van der Waals surface area contributed by atoms with Crippen molar-refractivity contribution in [2.45, 2.75) is 18.9 Å². The molecule has 0 unspecified atom stereocenters. The first-order valence-electron chi connectivity index (χ1n) is 5.32. The minimum absolute atomic E-state index is 0.208. The van der Waals surface area contributed by atoms with Crippen LogP contribution in [0.15, 0.2) is 35.5 Å². The lowest BCUT2D eigenvalue weighted by molar-refractivity contribution is -0.132. The molecule has 1 saturated heterocycles. The molecule has 0 aromatic heterocycles. The van der Waals surface area contributed by atoms with Crippen LogP contribution in [0.25, 0.3) is 0 Å². The van der Waals surface area contributed by atoms with E-state index in [0.29, 0.717) is 17.4 Å². The molecule has 2 aliphatic heterocycles. The molecular formula is C12H12O4. The smallest absolute Gasteiger partial charge is 0.340 e. The van der Waals surface area contributed by atoms with Gasteiger partial charge in [-0.25, -0.2) is 4.79 Å². The summed E-state index contributed by atoms with van der Waals surface area (Å²) in [6.07, 6.45) is 7.55. The van der Waals surface area contributed by atoms with Crippen LogP contribution < -0.4 is 0 Å². The number of hydrogen-bond donors (Lipinski definition) is 0. The minimum atomic E-state index is -0.393. The average Bonchev–Trinajstić information content (AvgIpc) is 2.88. The third kappa shape index (κ3) is 1.33. The van der Waals surface area contributed by atoms with E-state index in [9.17, 15) is 4.79 Å². The number of ether oxygens (including phenoxy) is 3. The molecule has 0 aromatic carbocycles. The Hall–Kier alpha value is -1.71. The van der Waals surface area contributed by atoms with E-state index in [1.807, 2.05) is 0 Å². The Kier molecular flexibility index (Phi) is 2.02. The lowest BCUT2D eigenvalue weighted by atomic mass is 10.0. The molecule has 3 aliphatic rings. The highest BCUT2D eigenvalue weighted by Crippen LogP contribution is 2.40. The van der Waals surface area contributed by atoms with Crippen LogP contribution in [0, 0.1) is 5.92 Å². The molecule has 16 heavy (non-hydrogen) atoms. The summed E-state index contributed by atoms with van der Waals surface area (Å²) in [5, 5.41) is 0. The van der Waals surface area contributed by atoms with E-state index in [2.05, 4.69) is 12.2 Å². The van der Waals surface area contributed by atoms with E-state index >= 15 is 0 Å². The number of methoxy groups -OCH3 is 1. The van der Waals surface area contributed by atoms with Crippen molar-refractivity contribution >= 4 is 5.97 Å². The molecule has 3 rings (SSSR count). The second-order valence-electron chi connectivity index (χ2n) is 4.07. The number of fused-ring (bicyclic) bond motifs is 1. The zero-order chi connectivity index (χ0) is 11.1. The molecule has 1 fully saturated rings. The standard InChI is InChI=1S/C12H12O4/c1-14-9-6-11(13)16-12(9)10-5-7-3-2-4-8(7)15-10/h2-3,6-8H,4-5H2,1H3/b12-10-/t7-,8-/m0/s1. The van der Waals surface area contributed by atoms with Crippen LogP contribution in [-0.2, 0) is 19.0 Å². The highest BCUT2D eigenvalue weighted by atomic mass is 16.6. The van der Waals surface area contributed by atoms with Crippen molar-refractivity contribution in [3.63, 3.8) is 0 Å². The third-order valence-electron chi connectivity index (χ3n) is 3.09. The zero-order valence-corrected chi connectivity index (χ0v) is 8.93. The predicted octanol–water partition coefficient (Wildman–Crippen LogP) is 1.65. The van der Waals surface area contributed by atoms with Gasteiger partial charge in [0, 0.05) is 18.8 Å². The van der Waals surface area contributed by atoms with Crippen molar-refractivity contribution in [3.8, 4) is 0 Å². The van der Waals surface area contributed by atoms with Crippen molar-refractivity contribution in [1.82, 2.24) is 0 Å². The summed E-state index contributed by atoms with van der Waals surface area (Å²) in [6.45, 7) is 0. The zero-order valence-electron chi connectivity index (χ0n) is 8.93. The van der Waals surface area contributed by atoms with Gasteiger partial charge in [-0.1, -0.05) is 12.2 Å². The first-order valence-corrected chi connectivity index (χ1v) is 5.32. The van der Waals surface area contributed by atoms with Gasteiger partial charge >= 0.3 is 5.97 Å². The number of carbonyl (C=O) groups is 1. The van der Waals surface area contributed by atoms with E-state index < -0.39 is 5.97 Å². The summed E-state index contributed by atoms with van der Waals surface area (Å²) in [5.74, 6) is 1.67. The van der Waals surface area contributed by atoms with Gasteiger partial charge in [0.2, 0.25) is 5.76 Å². The SMILES string of the molecule is COC1=CC(=O)O/C1=C1/C[C@@H]2C=CC[C@@H]2O1. The fourth-order valence-corrected chi connectivity index (χ4v) is 2.31. The minimum Gasteiger partial charge on any atom is -0.492 e. The van der Waals surface area contributed by atoms with Crippen LogP contribution >= 0.6 is 0 Å². The summed E-state index contributed by atoms with van der Waals surface area (Å²) in [6, 6.07) is 0. The number of allylic oxidation sites excluding steroid dienone is 1. The molecule has 2 heterocycles. The summed E-state index contributed by atoms with van der Waals surface area (Å²) in [4.78, 5) is 11.1. The van der Waals surface area contributed by atoms with Crippen LogP contribution in [-0.4, -0.2) is 19.2 Å². The van der Waals surface area contributed by atoms with Gasteiger partial charge in [-0.2, -0.15) is 0 Å². The molecule has 0 bridgehead atoms. The number of carbonyl (C=O) groups excluding carboxylic acids is 1. The van der Waals surface area contributed by atoms with Gasteiger partial charge in [-0.05, 0) is 0 Å².